The molecule has 5 aromatic carbocycles. The van der Waals surface area contributed by atoms with Gasteiger partial charge in [0.15, 0.2) is 11.6 Å². The maximum atomic E-state index is 4.76. The normalized spacial score (nSPS) is 11.3. The smallest absolute Gasteiger partial charge is 0.159 e. The van der Waals surface area contributed by atoms with Crippen molar-refractivity contribution in [2.45, 2.75) is 27.7 Å². The number of rotatable bonds is 4. The van der Waals surface area contributed by atoms with E-state index in [4.69, 9.17) is 9.97 Å². The zero-order valence-electron chi connectivity index (χ0n) is 24.2. The van der Waals surface area contributed by atoms with Crippen molar-refractivity contribution in [1.29, 1.82) is 0 Å². The molecule has 0 unspecified atom stereocenters. The van der Waals surface area contributed by atoms with Crippen molar-refractivity contribution in [2.24, 2.45) is 0 Å². The van der Waals surface area contributed by atoms with Gasteiger partial charge in [-0.25, -0.2) is 19.9 Å². The second-order valence-corrected chi connectivity index (χ2v) is 10.9. The van der Waals surface area contributed by atoms with Gasteiger partial charge in [-0.3, -0.25) is 0 Å². The first kappa shape index (κ1) is 25.7. The standard InChI is InChI=1S/C38H30N4/c1-23-21-22-39-37(40-23)29-17-13-27(14-18-29)35-31-9-5-7-11-33(31)36(34-12-8-6-10-32(34)35)28-15-19-30(20-16-28)38-41-25(3)24(2)26(4)42-38/h5-22H,1-4H3. The largest absolute Gasteiger partial charge is 0.237 e. The van der Waals surface area contributed by atoms with Gasteiger partial charge in [-0.05, 0) is 83.1 Å². The highest BCUT2D eigenvalue weighted by Gasteiger charge is 2.17. The Morgan fingerprint density at radius 1 is 0.405 bits per heavy atom. The first-order valence-electron chi connectivity index (χ1n) is 14.2. The summed E-state index contributed by atoms with van der Waals surface area (Å²) in [5, 5.41) is 4.90. The molecule has 2 heterocycles. The van der Waals surface area contributed by atoms with Gasteiger partial charge in [0.05, 0.1) is 0 Å². The highest BCUT2D eigenvalue weighted by molar-refractivity contribution is 6.21. The second-order valence-electron chi connectivity index (χ2n) is 10.9. The quantitative estimate of drug-likeness (QED) is 0.208. The fourth-order valence-electron chi connectivity index (χ4n) is 5.81. The highest BCUT2D eigenvalue weighted by Crippen LogP contribution is 2.44. The molecule has 0 aliphatic rings. The molecular formula is C38H30N4. The van der Waals surface area contributed by atoms with Crippen molar-refractivity contribution in [3.8, 4) is 45.0 Å². The molecule has 4 nitrogen and oxygen atoms in total. The number of hydrogen-bond donors (Lipinski definition) is 0. The SMILES string of the molecule is Cc1ccnc(-c2ccc(-c3c4ccccc4c(-c4ccc(-c5nc(C)c(C)c(C)n5)cc4)c4ccccc34)cc2)n1. The van der Waals surface area contributed by atoms with E-state index >= 15 is 0 Å². The number of nitrogens with zero attached hydrogens (tertiary/aromatic N) is 4. The zero-order chi connectivity index (χ0) is 28.8. The Kier molecular flexibility index (Phi) is 6.32. The molecule has 0 aliphatic heterocycles. The summed E-state index contributed by atoms with van der Waals surface area (Å²) < 4.78 is 0. The Labute approximate surface area is 245 Å². The van der Waals surface area contributed by atoms with Gasteiger partial charge in [-0.2, -0.15) is 0 Å². The third-order valence-electron chi connectivity index (χ3n) is 8.22. The third kappa shape index (κ3) is 4.42. The lowest BCUT2D eigenvalue weighted by Gasteiger charge is -2.18. The van der Waals surface area contributed by atoms with Crippen LogP contribution in [0.5, 0.6) is 0 Å². The van der Waals surface area contributed by atoms with Crippen LogP contribution in [0.4, 0.5) is 0 Å². The van der Waals surface area contributed by atoms with E-state index in [1.54, 1.807) is 0 Å². The van der Waals surface area contributed by atoms with Gasteiger partial charge in [0, 0.05) is 34.4 Å². The summed E-state index contributed by atoms with van der Waals surface area (Å²) in [6.07, 6.45) is 1.81. The molecule has 0 amide bonds. The molecule has 7 rings (SSSR count). The molecule has 202 valence electrons. The van der Waals surface area contributed by atoms with Gasteiger partial charge in [0.1, 0.15) is 0 Å². The molecule has 0 saturated carbocycles. The Morgan fingerprint density at radius 3 is 1.24 bits per heavy atom. The zero-order valence-corrected chi connectivity index (χ0v) is 24.2. The molecule has 0 saturated heterocycles. The van der Waals surface area contributed by atoms with Crippen LogP contribution in [-0.4, -0.2) is 19.9 Å². The third-order valence-corrected chi connectivity index (χ3v) is 8.22. The van der Waals surface area contributed by atoms with E-state index in [0.29, 0.717) is 0 Å². The van der Waals surface area contributed by atoms with E-state index in [1.165, 1.54) is 43.8 Å². The molecule has 2 aromatic heterocycles. The van der Waals surface area contributed by atoms with Gasteiger partial charge in [-0.15, -0.1) is 0 Å². The van der Waals surface area contributed by atoms with E-state index in [2.05, 4.69) is 114 Å². The van der Waals surface area contributed by atoms with Gasteiger partial charge in [-0.1, -0.05) is 97.1 Å². The molecule has 42 heavy (non-hydrogen) atoms. The summed E-state index contributed by atoms with van der Waals surface area (Å²) in [7, 11) is 0. The molecule has 0 aliphatic carbocycles. The van der Waals surface area contributed by atoms with Crippen LogP contribution in [0.3, 0.4) is 0 Å². The van der Waals surface area contributed by atoms with Crippen LogP contribution in [0.15, 0.2) is 109 Å². The predicted octanol–water partition coefficient (Wildman–Crippen LogP) is 9.47. The molecule has 0 fully saturated rings. The minimum atomic E-state index is 0.747. The van der Waals surface area contributed by atoms with E-state index in [-0.39, 0.29) is 0 Å². The van der Waals surface area contributed by atoms with Crippen molar-refractivity contribution in [1.82, 2.24) is 19.9 Å². The molecule has 0 atom stereocenters. The molecule has 0 radical (unpaired) electrons. The first-order chi connectivity index (χ1) is 20.5. The lowest BCUT2D eigenvalue weighted by atomic mass is 9.85. The minimum Gasteiger partial charge on any atom is -0.237 e. The summed E-state index contributed by atoms with van der Waals surface area (Å²) in [4.78, 5) is 18.6. The number of aryl methyl sites for hydroxylation is 3. The minimum absolute atomic E-state index is 0.747. The molecular weight excluding hydrogens is 512 g/mol. The summed E-state index contributed by atoms with van der Waals surface area (Å²) in [5.74, 6) is 1.52. The van der Waals surface area contributed by atoms with E-state index in [9.17, 15) is 0 Å². The maximum Gasteiger partial charge on any atom is 0.159 e. The highest BCUT2D eigenvalue weighted by atomic mass is 14.9. The predicted molar refractivity (Wildman–Crippen MR) is 173 cm³/mol. The van der Waals surface area contributed by atoms with Crippen molar-refractivity contribution in [3.05, 3.63) is 132 Å². The molecule has 0 N–H and O–H groups in total. The fourth-order valence-corrected chi connectivity index (χ4v) is 5.81. The van der Waals surface area contributed by atoms with Crippen LogP contribution in [0.1, 0.15) is 22.6 Å². The van der Waals surface area contributed by atoms with Crippen LogP contribution in [0.25, 0.3) is 66.6 Å². The van der Waals surface area contributed by atoms with E-state index in [1.807, 2.05) is 33.0 Å². The summed E-state index contributed by atoms with van der Waals surface area (Å²) in [6, 6.07) is 36.7. The molecule has 0 bridgehead atoms. The Bertz CT molecular complexity index is 2030. The van der Waals surface area contributed by atoms with Crippen LogP contribution >= 0.6 is 0 Å². The Hall–Kier alpha value is -5.22. The van der Waals surface area contributed by atoms with Crippen LogP contribution < -0.4 is 0 Å². The van der Waals surface area contributed by atoms with Crippen LogP contribution in [0.2, 0.25) is 0 Å². The Balaban J connectivity index is 1.39. The first-order valence-corrected chi connectivity index (χ1v) is 14.2. The average molecular weight is 543 g/mol. The monoisotopic (exact) mass is 542 g/mol. The van der Waals surface area contributed by atoms with Gasteiger partial charge in [0.25, 0.3) is 0 Å². The topological polar surface area (TPSA) is 51.6 Å². The molecule has 4 heteroatoms. The van der Waals surface area contributed by atoms with Gasteiger partial charge in [0.2, 0.25) is 0 Å². The van der Waals surface area contributed by atoms with Crippen molar-refractivity contribution < 1.29 is 0 Å². The summed E-state index contributed by atoms with van der Waals surface area (Å²) in [5.41, 5.74) is 11.0. The summed E-state index contributed by atoms with van der Waals surface area (Å²) in [6.45, 7) is 8.16. The number of aromatic nitrogens is 4. The van der Waals surface area contributed by atoms with Crippen LogP contribution in [0, 0.1) is 27.7 Å². The van der Waals surface area contributed by atoms with E-state index in [0.717, 1.165) is 45.4 Å². The van der Waals surface area contributed by atoms with Crippen molar-refractivity contribution in [2.75, 3.05) is 0 Å². The maximum absolute atomic E-state index is 4.76. The Morgan fingerprint density at radius 2 is 0.810 bits per heavy atom. The molecule has 7 aromatic rings. The van der Waals surface area contributed by atoms with Crippen molar-refractivity contribution in [3.63, 3.8) is 0 Å². The van der Waals surface area contributed by atoms with Gasteiger partial charge < -0.3 is 0 Å². The fraction of sp³-hybridized carbons (Fsp3) is 0.105. The second kappa shape index (κ2) is 10.3. The lowest BCUT2D eigenvalue weighted by molar-refractivity contribution is 1.02. The summed E-state index contributed by atoms with van der Waals surface area (Å²) >= 11 is 0. The van der Waals surface area contributed by atoms with E-state index < -0.39 is 0 Å². The van der Waals surface area contributed by atoms with Crippen LogP contribution in [-0.2, 0) is 0 Å². The number of benzene rings is 5. The number of fused-ring (bicyclic) bond motifs is 2. The van der Waals surface area contributed by atoms with Gasteiger partial charge >= 0.3 is 0 Å². The number of hydrogen-bond acceptors (Lipinski definition) is 4. The molecule has 0 spiro atoms. The lowest BCUT2D eigenvalue weighted by Crippen LogP contribution is -1.99. The average Bonchev–Trinajstić information content (AvgIpc) is 3.02. The van der Waals surface area contributed by atoms with Crippen molar-refractivity contribution >= 4 is 21.5 Å².